The van der Waals surface area contributed by atoms with Gasteiger partial charge in [-0.2, -0.15) is 11.3 Å². The molecule has 2 nitrogen and oxygen atoms in total. The zero-order valence-corrected chi connectivity index (χ0v) is 9.57. The number of thiophene rings is 1. The van der Waals surface area contributed by atoms with Gasteiger partial charge in [0.15, 0.2) is 5.11 Å². The number of thiocarbonyl (C=S) groups is 1. The number of rotatable bonds is 2. The maximum Gasteiger partial charge on any atom is 0.168 e. The normalized spacial score (nSPS) is 9.87. The number of anilines is 1. The third-order valence-electron chi connectivity index (χ3n) is 2.02. The lowest BCUT2D eigenvalue weighted by Gasteiger charge is -2.08. The van der Waals surface area contributed by atoms with Crippen molar-refractivity contribution in [3.05, 3.63) is 41.1 Å². The molecule has 0 saturated heterocycles. The van der Waals surface area contributed by atoms with E-state index in [-0.39, 0.29) is 5.11 Å². The number of hydrogen-bond donors (Lipinski definition) is 2. The second-order valence-corrected chi connectivity index (χ2v) is 4.27. The molecule has 76 valence electrons. The first-order valence-corrected chi connectivity index (χ1v) is 5.80. The van der Waals surface area contributed by atoms with Gasteiger partial charge in [0.05, 0.1) is 0 Å². The van der Waals surface area contributed by atoms with Crippen molar-refractivity contribution in [2.75, 3.05) is 5.32 Å². The summed E-state index contributed by atoms with van der Waals surface area (Å²) in [5.41, 5.74) is 8.71. The molecule has 15 heavy (non-hydrogen) atoms. The van der Waals surface area contributed by atoms with Gasteiger partial charge in [-0.25, -0.2) is 0 Å². The Morgan fingerprint density at radius 3 is 2.73 bits per heavy atom. The summed E-state index contributed by atoms with van der Waals surface area (Å²) < 4.78 is 0. The minimum atomic E-state index is 0.290. The maximum atomic E-state index is 5.47. The molecule has 0 unspecified atom stereocenters. The Bertz CT molecular complexity index is 463. The molecule has 0 saturated carbocycles. The van der Waals surface area contributed by atoms with Crippen LogP contribution < -0.4 is 11.1 Å². The molecule has 4 heteroatoms. The minimum Gasteiger partial charge on any atom is -0.376 e. The summed E-state index contributed by atoms with van der Waals surface area (Å²) in [6.45, 7) is 0. The second kappa shape index (κ2) is 4.42. The van der Waals surface area contributed by atoms with Crippen LogP contribution in [-0.4, -0.2) is 5.11 Å². The molecule has 0 spiro atoms. The molecule has 0 aliphatic carbocycles. The Balaban J connectivity index is 2.42. The highest BCUT2D eigenvalue weighted by Gasteiger charge is 2.04. The van der Waals surface area contributed by atoms with Gasteiger partial charge in [0.2, 0.25) is 0 Å². The van der Waals surface area contributed by atoms with Crippen LogP contribution in [0.15, 0.2) is 41.1 Å². The quantitative estimate of drug-likeness (QED) is 0.784. The van der Waals surface area contributed by atoms with E-state index in [9.17, 15) is 0 Å². The first kappa shape index (κ1) is 10.1. The highest BCUT2D eigenvalue weighted by atomic mass is 32.1. The number of benzene rings is 1. The molecular formula is C11H10N2S2. The summed E-state index contributed by atoms with van der Waals surface area (Å²) in [5, 5.41) is 7.41. The lowest BCUT2D eigenvalue weighted by Crippen LogP contribution is -2.19. The Labute approximate surface area is 97.7 Å². The predicted molar refractivity (Wildman–Crippen MR) is 70.2 cm³/mol. The van der Waals surface area contributed by atoms with Crippen LogP contribution in [0.5, 0.6) is 0 Å². The first-order chi connectivity index (χ1) is 7.27. The van der Waals surface area contributed by atoms with Crippen LogP contribution >= 0.6 is 23.6 Å². The van der Waals surface area contributed by atoms with E-state index in [1.165, 1.54) is 5.56 Å². The van der Waals surface area contributed by atoms with Crippen LogP contribution in [-0.2, 0) is 0 Å². The molecule has 3 N–H and O–H groups in total. The van der Waals surface area contributed by atoms with Crippen LogP contribution in [0.25, 0.3) is 11.1 Å². The van der Waals surface area contributed by atoms with Gasteiger partial charge in [0, 0.05) is 11.3 Å². The molecule has 0 bridgehead atoms. The lowest BCUT2D eigenvalue weighted by molar-refractivity contribution is 1.59. The van der Waals surface area contributed by atoms with E-state index in [0.717, 1.165) is 11.3 Å². The largest absolute Gasteiger partial charge is 0.376 e. The van der Waals surface area contributed by atoms with Crippen molar-refractivity contribution >= 4 is 34.4 Å². The second-order valence-electron chi connectivity index (χ2n) is 3.05. The summed E-state index contributed by atoms with van der Waals surface area (Å²) >= 11 is 6.51. The molecule has 0 fully saturated rings. The summed E-state index contributed by atoms with van der Waals surface area (Å²) in [4.78, 5) is 0. The van der Waals surface area contributed by atoms with E-state index in [4.69, 9.17) is 18.0 Å². The third-order valence-corrected chi connectivity index (χ3v) is 2.80. The van der Waals surface area contributed by atoms with Crippen molar-refractivity contribution < 1.29 is 0 Å². The number of para-hydroxylation sites is 1. The molecule has 0 amide bonds. The maximum absolute atomic E-state index is 5.47. The molecule has 1 heterocycles. The molecule has 0 atom stereocenters. The monoisotopic (exact) mass is 234 g/mol. The van der Waals surface area contributed by atoms with Crippen molar-refractivity contribution in [1.29, 1.82) is 0 Å². The predicted octanol–water partition coefficient (Wildman–Crippen LogP) is 3.07. The fourth-order valence-electron chi connectivity index (χ4n) is 1.39. The number of nitrogens with two attached hydrogens (primary N) is 1. The van der Waals surface area contributed by atoms with Crippen LogP contribution in [0.1, 0.15) is 0 Å². The Kier molecular flexibility index (Phi) is 2.99. The molecule has 2 aromatic rings. The third kappa shape index (κ3) is 2.34. The van der Waals surface area contributed by atoms with Gasteiger partial charge in [0.1, 0.15) is 0 Å². The highest BCUT2D eigenvalue weighted by molar-refractivity contribution is 7.80. The zero-order valence-electron chi connectivity index (χ0n) is 7.94. The van der Waals surface area contributed by atoms with Gasteiger partial charge in [0.25, 0.3) is 0 Å². The SMILES string of the molecule is NC(=S)Nc1ccccc1-c1ccsc1. The van der Waals surface area contributed by atoms with Crippen LogP contribution in [0.2, 0.25) is 0 Å². The standard InChI is InChI=1S/C11H10N2S2/c12-11(14)13-10-4-2-1-3-9(10)8-5-6-15-7-8/h1-7H,(H3,12,13,14). The van der Waals surface area contributed by atoms with Crippen LogP contribution in [0.4, 0.5) is 5.69 Å². The molecule has 2 rings (SSSR count). The number of hydrogen-bond acceptors (Lipinski definition) is 2. The van der Waals surface area contributed by atoms with E-state index in [2.05, 4.69) is 16.8 Å². The van der Waals surface area contributed by atoms with Crippen molar-refractivity contribution in [3.8, 4) is 11.1 Å². The van der Waals surface area contributed by atoms with Gasteiger partial charge < -0.3 is 11.1 Å². The fourth-order valence-corrected chi connectivity index (χ4v) is 2.16. The molecule has 1 aromatic carbocycles. The van der Waals surface area contributed by atoms with E-state index in [1.807, 2.05) is 29.6 Å². The molecule has 1 aromatic heterocycles. The van der Waals surface area contributed by atoms with E-state index in [1.54, 1.807) is 11.3 Å². The molecule has 0 radical (unpaired) electrons. The summed E-state index contributed by atoms with van der Waals surface area (Å²) in [6.07, 6.45) is 0. The molecule has 0 aliphatic heterocycles. The van der Waals surface area contributed by atoms with Crippen molar-refractivity contribution in [2.24, 2.45) is 5.73 Å². The lowest BCUT2D eigenvalue weighted by atomic mass is 10.1. The van der Waals surface area contributed by atoms with E-state index >= 15 is 0 Å². The summed E-state index contributed by atoms with van der Waals surface area (Å²) in [7, 11) is 0. The zero-order chi connectivity index (χ0) is 10.7. The van der Waals surface area contributed by atoms with Gasteiger partial charge in [-0.3, -0.25) is 0 Å². The number of nitrogens with one attached hydrogen (secondary N) is 1. The summed E-state index contributed by atoms with van der Waals surface area (Å²) in [5.74, 6) is 0. The topological polar surface area (TPSA) is 38.0 Å². The van der Waals surface area contributed by atoms with Gasteiger partial charge in [-0.15, -0.1) is 0 Å². The Morgan fingerprint density at radius 2 is 2.07 bits per heavy atom. The van der Waals surface area contributed by atoms with Crippen molar-refractivity contribution in [1.82, 2.24) is 0 Å². The van der Waals surface area contributed by atoms with Crippen LogP contribution in [0.3, 0.4) is 0 Å². The Hall–Kier alpha value is -1.39. The van der Waals surface area contributed by atoms with Gasteiger partial charge >= 0.3 is 0 Å². The average Bonchev–Trinajstić information content (AvgIpc) is 2.70. The highest BCUT2D eigenvalue weighted by Crippen LogP contribution is 2.29. The smallest absolute Gasteiger partial charge is 0.168 e. The van der Waals surface area contributed by atoms with E-state index < -0.39 is 0 Å². The minimum absolute atomic E-state index is 0.290. The average molecular weight is 234 g/mol. The van der Waals surface area contributed by atoms with Gasteiger partial charge in [-0.1, -0.05) is 18.2 Å². The van der Waals surface area contributed by atoms with E-state index in [0.29, 0.717) is 0 Å². The first-order valence-electron chi connectivity index (χ1n) is 4.45. The molecule has 0 aliphatic rings. The van der Waals surface area contributed by atoms with Crippen molar-refractivity contribution in [3.63, 3.8) is 0 Å². The van der Waals surface area contributed by atoms with Gasteiger partial charge in [-0.05, 0) is 40.7 Å². The Morgan fingerprint density at radius 1 is 1.27 bits per heavy atom. The molecular weight excluding hydrogens is 224 g/mol. The van der Waals surface area contributed by atoms with Crippen molar-refractivity contribution in [2.45, 2.75) is 0 Å². The fraction of sp³-hybridized carbons (Fsp3) is 0. The summed E-state index contributed by atoms with van der Waals surface area (Å²) in [6, 6.07) is 10.0. The van der Waals surface area contributed by atoms with Crippen LogP contribution in [0, 0.1) is 0 Å².